The van der Waals surface area contributed by atoms with Crippen molar-refractivity contribution in [1.82, 2.24) is 15.1 Å². The van der Waals surface area contributed by atoms with Crippen LogP contribution in [0.15, 0.2) is 24.3 Å². The molecular weight excluding hydrogens is 425 g/mol. The third kappa shape index (κ3) is 5.08. The Morgan fingerprint density at radius 3 is 2.32 bits per heavy atom. The molecule has 4 unspecified atom stereocenters. The molecule has 0 bridgehead atoms. The third-order valence-corrected chi connectivity index (χ3v) is 6.17. The summed E-state index contributed by atoms with van der Waals surface area (Å²) in [6.07, 6.45) is -8.07. The number of ether oxygens (including phenoxy) is 1. The first-order valence-corrected chi connectivity index (χ1v) is 10.0. The third-order valence-electron chi connectivity index (χ3n) is 6.17. The van der Waals surface area contributed by atoms with Crippen molar-refractivity contribution < 1.29 is 36.3 Å². The number of alkyl halides is 5. The van der Waals surface area contributed by atoms with Crippen molar-refractivity contribution in [2.75, 3.05) is 39.3 Å². The number of rotatable bonds is 6. The van der Waals surface area contributed by atoms with Crippen molar-refractivity contribution >= 4 is 11.8 Å². The maximum atomic E-state index is 13.3. The quantitative estimate of drug-likeness (QED) is 0.678. The smallest absolute Gasteiger partial charge is 0.406 e. The van der Waals surface area contributed by atoms with Gasteiger partial charge in [-0.2, -0.15) is 0 Å². The highest BCUT2D eigenvalue weighted by atomic mass is 19.4. The van der Waals surface area contributed by atoms with Crippen LogP contribution in [0, 0.1) is 17.8 Å². The van der Waals surface area contributed by atoms with E-state index in [1.54, 1.807) is 0 Å². The minimum atomic E-state index is -4.83. The van der Waals surface area contributed by atoms with Gasteiger partial charge in [-0.05, 0) is 36.0 Å². The van der Waals surface area contributed by atoms with Gasteiger partial charge in [0.15, 0.2) is 12.3 Å². The lowest BCUT2D eigenvalue weighted by molar-refractivity contribution is -0.274. The number of nitrogens with one attached hydrogen (secondary N) is 1. The Kier molecular flexibility index (Phi) is 5.80. The molecule has 0 spiro atoms. The van der Waals surface area contributed by atoms with Gasteiger partial charge in [0, 0.05) is 25.2 Å². The predicted molar refractivity (Wildman–Crippen MR) is 98.7 cm³/mol. The lowest BCUT2D eigenvalue weighted by Gasteiger charge is -2.22. The van der Waals surface area contributed by atoms with Crippen molar-refractivity contribution in [2.45, 2.75) is 18.7 Å². The van der Waals surface area contributed by atoms with Crippen LogP contribution in [0.3, 0.4) is 0 Å². The first kappa shape index (κ1) is 21.8. The highest BCUT2D eigenvalue weighted by Gasteiger charge is 2.55. The number of hydrogen-bond acceptors (Lipinski definition) is 4. The number of hydrogen-bond donors (Lipinski definition) is 1. The Hall–Kier alpha value is -2.43. The van der Waals surface area contributed by atoms with Crippen molar-refractivity contribution in [3.63, 3.8) is 0 Å². The number of carbonyl (C=O) groups is 2. The van der Waals surface area contributed by atoms with Gasteiger partial charge >= 0.3 is 6.36 Å². The fraction of sp³-hybridized carbons (Fsp3) is 0.600. The summed E-state index contributed by atoms with van der Waals surface area (Å²) >= 11 is 0. The zero-order valence-electron chi connectivity index (χ0n) is 16.4. The molecule has 1 aliphatic carbocycles. The maximum Gasteiger partial charge on any atom is 0.573 e. The first-order chi connectivity index (χ1) is 14.6. The molecule has 0 radical (unpaired) electrons. The van der Waals surface area contributed by atoms with Gasteiger partial charge in [0.25, 0.3) is 5.91 Å². The van der Waals surface area contributed by atoms with Gasteiger partial charge in [-0.1, -0.05) is 6.07 Å². The second-order valence-corrected chi connectivity index (χ2v) is 8.30. The van der Waals surface area contributed by atoms with Crippen LogP contribution >= 0.6 is 0 Å². The molecule has 1 aromatic rings. The number of likely N-dealkylation sites (tertiary alicyclic amines) is 2. The van der Waals surface area contributed by atoms with E-state index in [1.165, 1.54) is 17.0 Å². The van der Waals surface area contributed by atoms with Crippen molar-refractivity contribution in [3.8, 4) is 5.75 Å². The Morgan fingerprint density at radius 2 is 1.71 bits per heavy atom. The molecule has 4 rings (SSSR count). The molecule has 1 N–H and O–H groups in total. The first-order valence-electron chi connectivity index (χ1n) is 10.0. The maximum absolute atomic E-state index is 13.3. The minimum Gasteiger partial charge on any atom is -0.406 e. The summed E-state index contributed by atoms with van der Waals surface area (Å²) in [5.41, 5.74) is 0.0720. The van der Waals surface area contributed by atoms with Crippen molar-refractivity contribution in [2.24, 2.45) is 17.8 Å². The molecule has 3 fully saturated rings. The molecule has 2 saturated heterocycles. The lowest BCUT2D eigenvalue weighted by atomic mass is 10.2. The average Bonchev–Trinajstić information content (AvgIpc) is 2.97. The monoisotopic (exact) mass is 447 g/mol. The largest absolute Gasteiger partial charge is 0.573 e. The summed E-state index contributed by atoms with van der Waals surface area (Å²) < 4.78 is 67.3. The van der Waals surface area contributed by atoms with Gasteiger partial charge in [-0.15, -0.1) is 13.2 Å². The topological polar surface area (TPSA) is 61.9 Å². The fourth-order valence-corrected chi connectivity index (χ4v) is 4.53. The number of fused-ring (bicyclic) bond motifs is 1. The van der Waals surface area contributed by atoms with Crippen molar-refractivity contribution in [3.05, 3.63) is 29.8 Å². The zero-order valence-corrected chi connectivity index (χ0v) is 16.4. The Morgan fingerprint density at radius 1 is 1.06 bits per heavy atom. The molecule has 4 atom stereocenters. The number of carbonyl (C=O) groups excluding carboxylic acids is 2. The van der Waals surface area contributed by atoms with Gasteiger partial charge in [-0.3, -0.25) is 14.5 Å². The summed E-state index contributed by atoms with van der Waals surface area (Å²) in [7, 11) is 0. The molecule has 2 aliphatic heterocycles. The molecule has 11 heteroatoms. The summed E-state index contributed by atoms with van der Waals surface area (Å²) in [6, 6.07) is 4.87. The fourth-order valence-electron chi connectivity index (χ4n) is 4.53. The number of nitrogens with zero attached hydrogens (tertiary/aromatic N) is 2. The Balaban J connectivity index is 1.20. The summed E-state index contributed by atoms with van der Waals surface area (Å²) in [5, 5.41) is 2.74. The predicted octanol–water partition coefficient (Wildman–Crippen LogP) is 2.01. The van der Waals surface area contributed by atoms with Crippen molar-refractivity contribution in [1.29, 1.82) is 0 Å². The van der Waals surface area contributed by atoms with Gasteiger partial charge in [-0.25, -0.2) is 8.78 Å². The highest BCUT2D eigenvalue weighted by Crippen LogP contribution is 2.51. The number of benzene rings is 1. The van der Waals surface area contributed by atoms with Crippen LogP contribution in [0.25, 0.3) is 0 Å². The van der Waals surface area contributed by atoms with Gasteiger partial charge < -0.3 is 15.0 Å². The number of halogens is 5. The van der Waals surface area contributed by atoms with Gasteiger partial charge in [0.2, 0.25) is 5.91 Å². The molecular formula is C20H22F5N3O3. The average molecular weight is 447 g/mol. The standard InChI is InChI=1S/C20H22F5N3O3/c21-16-8-28(9-17(16)22)18(29)10-27-6-14-13(15(14)7-27)5-26-19(30)11-2-1-3-12(4-11)31-20(23,24)25/h1-4,13-17H,5-10H2,(H,26,30). The van der Waals surface area contributed by atoms with Gasteiger partial charge in [0.1, 0.15) is 5.75 Å². The molecule has 6 nitrogen and oxygen atoms in total. The second-order valence-electron chi connectivity index (χ2n) is 8.30. The van der Waals surface area contributed by atoms with Crippen LogP contribution in [0.5, 0.6) is 5.75 Å². The van der Waals surface area contributed by atoms with Crippen LogP contribution in [0.2, 0.25) is 0 Å². The van der Waals surface area contributed by atoms with Crippen LogP contribution in [-0.2, 0) is 4.79 Å². The van der Waals surface area contributed by atoms with E-state index in [0.29, 0.717) is 31.5 Å². The number of amides is 2. The van der Waals surface area contributed by atoms with E-state index in [0.717, 1.165) is 12.1 Å². The molecule has 31 heavy (non-hydrogen) atoms. The molecule has 3 aliphatic rings. The van der Waals surface area contributed by atoms with E-state index in [2.05, 4.69) is 10.1 Å². The van der Waals surface area contributed by atoms with Crippen LogP contribution in [-0.4, -0.2) is 79.6 Å². The highest BCUT2D eigenvalue weighted by molar-refractivity contribution is 5.94. The van der Waals surface area contributed by atoms with E-state index in [9.17, 15) is 31.5 Å². The van der Waals surface area contributed by atoms with E-state index in [4.69, 9.17) is 0 Å². The summed E-state index contributed by atoms with van der Waals surface area (Å²) in [5.74, 6) is -0.360. The SMILES string of the molecule is O=C(NCC1C2CN(CC(=O)N3CC(F)C(F)C3)CC12)c1cccc(OC(F)(F)F)c1. The molecule has 2 amide bonds. The molecule has 0 aromatic heterocycles. The normalized spacial score (nSPS) is 30.2. The minimum absolute atomic E-state index is 0.0720. The van der Waals surface area contributed by atoms with Crippen LogP contribution in [0.1, 0.15) is 10.4 Å². The van der Waals surface area contributed by atoms with Crippen LogP contribution in [0.4, 0.5) is 22.0 Å². The summed E-state index contributed by atoms with van der Waals surface area (Å²) in [4.78, 5) is 27.6. The van der Waals surface area contributed by atoms with E-state index >= 15 is 0 Å². The second kappa shape index (κ2) is 8.25. The van der Waals surface area contributed by atoms with E-state index < -0.39 is 30.4 Å². The Bertz CT molecular complexity index is 830. The Labute approximate surface area is 175 Å². The molecule has 1 saturated carbocycles. The summed E-state index contributed by atoms with van der Waals surface area (Å²) in [6.45, 7) is 1.43. The van der Waals surface area contributed by atoms with E-state index in [1.807, 2.05) is 4.90 Å². The zero-order chi connectivity index (χ0) is 22.3. The lowest BCUT2D eigenvalue weighted by Crippen LogP contribution is -2.40. The van der Waals surface area contributed by atoms with Gasteiger partial charge in [0.05, 0.1) is 19.6 Å². The molecule has 2 heterocycles. The molecule has 170 valence electrons. The van der Waals surface area contributed by atoms with Crippen LogP contribution < -0.4 is 10.1 Å². The molecule has 1 aromatic carbocycles. The van der Waals surface area contributed by atoms with E-state index in [-0.39, 0.29) is 37.0 Å². The number of piperidine rings is 1.